The average Bonchev–Trinajstić information content (AvgIpc) is 2.15. The summed E-state index contributed by atoms with van der Waals surface area (Å²) in [4.78, 5) is 10.1. The Kier molecular flexibility index (Phi) is 2.87. The van der Waals surface area contributed by atoms with Crippen molar-refractivity contribution in [1.82, 2.24) is 0 Å². The van der Waals surface area contributed by atoms with Crippen LogP contribution in [0.4, 0.5) is 4.79 Å². The van der Waals surface area contributed by atoms with Gasteiger partial charge in [0.15, 0.2) is 0 Å². The number of ether oxygens (including phenoxy) is 1. The van der Waals surface area contributed by atoms with E-state index in [1.54, 1.807) is 36.4 Å². The van der Waals surface area contributed by atoms with Crippen LogP contribution in [0.25, 0.3) is 0 Å². The molecular weight excluding hydrogens is 170 g/mol. The number of rotatable bonds is 2. The standard InChI is InChI=1S/C9H6NO3/c10-6-8(13-9(11)12)7-4-2-1-3-5-7/h1-5,8H. The Morgan fingerprint density at radius 2 is 2.00 bits per heavy atom. The number of hydrogen-bond acceptors (Lipinski definition) is 3. The summed E-state index contributed by atoms with van der Waals surface area (Å²) >= 11 is 0. The molecule has 1 aromatic carbocycles. The molecule has 0 saturated heterocycles. The quantitative estimate of drug-likeness (QED) is 0.645. The predicted molar refractivity (Wildman–Crippen MR) is 42.0 cm³/mol. The molecular formula is C9H6NO3. The van der Waals surface area contributed by atoms with Crippen molar-refractivity contribution in [3.05, 3.63) is 35.9 Å². The summed E-state index contributed by atoms with van der Waals surface area (Å²) in [7, 11) is 0. The molecule has 0 aliphatic carbocycles. The van der Waals surface area contributed by atoms with Crippen molar-refractivity contribution in [1.29, 1.82) is 5.26 Å². The molecule has 0 heterocycles. The third-order valence-electron chi connectivity index (χ3n) is 1.43. The van der Waals surface area contributed by atoms with E-state index in [2.05, 4.69) is 4.74 Å². The van der Waals surface area contributed by atoms with Gasteiger partial charge < -0.3 is 4.74 Å². The Balaban J connectivity index is 2.80. The highest BCUT2D eigenvalue weighted by Crippen LogP contribution is 2.15. The normalized spacial score (nSPS) is 11.3. The molecule has 0 bridgehead atoms. The SMILES string of the molecule is N#CC(OC([O])=O)c1ccccc1. The van der Waals surface area contributed by atoms with E-state index in [0.717, 1.165) is 0 Å². The van der Waals surface area contributed by atoms with E-state index in [9.17, 15) is 9.90 Å². The number of hydrogen-bond donors (Lipinski definition) is 0. The minimum absolute atomic E-state index is 0.495. The summed E-state index contributed by atoms with van der Waals surface area (Å²) in [6, 6.07) is 10.1. The monoisotopic (exact) mass is 176 g/mol. The highest BCUT2D eigenvalue weighted by Gasteiger charge is 2.15. The molecule has 0 aromatic heterocycles. The summed E-state index contributed by atoms with van der Waals surface area (Å²) in [5, 5.41) is 18.6. The molecule has 1 unspecified atom stereocenters. The second-order valence-corrected chi connectivity index (χ2v) is 2.29. The van der Waals surface area contributed by atoms with Gasteiger partial charge in [-0.25, -0.2) is 0 Å². The van der Waals surface area contributed by atoms with Gasteiger partial charge in [-0.15, -0.1) is 0 Å². The van der Waals surface area contributed by atoms with Crippen molar-refractivity contribution in [2.45, 2.75) is 6.10 Å². The van der Waals surface area contributed by atoms with Crippen LogP contribution in [0.2, 0.25) is 0 Å². The second-order valence-electron chi connectivity index (χ2n) is 2.29. The van der Waals surface area contributed by atoms with Crippen LogP contribution in [-0.4, -0.2) is 6.16 Å². The first-order valence-corrected chi connectivity index (χ1v) is 3.56. The molecule has 1 radical (unpaired) electrons. The van der Waals surface area contributed by atoms with Crippen molar-refractivity contribution >= 4 is 6.16 Å². The Morgan fingerprint density at radius 3 is 2.46 bits per heavy atom. The van der Waals surface area contributed by atoms with E-state index in [1.807, 2.05) is 0 Å². The maximum absolute atomic E-state index is 10.1. The van der Waals surface area contributed by atoms with Gasteiger partial charge in [0.2, 0.25) is 6.10 Å². The number of nitriles is 1. The number of benzene rings is 1. The van der Waals surface area contributed by atoms with E-state index >= 15 is 0 Å². The molecule has 65 valence electrons. The Bertz CT molecular complexity index is 328. The molecule has 4 nitrogen and oxygen atoms in total. The van der Waals surface area contributed by atoms with Gasteiger partial charge in [-0.05, 0) is 0 Å². The van der Waals surface area contributed by atoms with Gasteiger partial charge in [0.25, 0.3) is 0 Å². The molecule has 0 aliphatic heterocycles. The lowest BCUT2D eigenvalue weighted by molar-refractivity contribution is 0.0494. The van der Waals surface area contributed by atoms with Crippen LogP contribution in [0.15, 0.2) is 30.3 Å². The fourth-order valence-corrected chi connectivity index (χ4v) is 0.893. The van der Waals surface area contributed by atoms with Gasteiger partial charge in [0.1, 0.15) is 6.07 Å². The van der Waals surface area contributed by atoms with Gasteiger partial charge in [0, 0.05) is 5.56 Å². The number of carbonyl (C=O) groups excluding carboxylic acids is 1. The van der Waals surface area contributed by atoms with Gasteiger partial charge in [-0.2, -0.15) is 15.2 Å². The summed E-state index contributed by atoms with van der Waals surface area (Å²) in [5.74, 6) is 0. The average molecular weight is 176 g/mol. The fourth-order valence-electron chi connectivity index (χ4n) is 0.893. The minimum Gasteiger partial charge on any atom is -0.408 e. The van der Waals surface area contributed by atoms with Crippen LogP contribution in [0.5, 0.6) is 0 Å². The Hall–Kier alpha value is -2.02. The Morgan fingerprint density at radius 1 is 1.38 bits per heavy atom. The molecule has 0 N–H and O–H groups in total. The first kappa shape index (κ1) is 9.07. The third kappa shape index (κ3) is 2.49. The zero-order valence-corrected chi connectivity index (χ0v) is 6.64. The maximum atomic E-state index is 10.1. The van der Waals surface area contributed by atoms with Gasteiger partial charge in [-0.3, -0.25) is 0 Å². The summed E-state index contributed by atoms with van der Waals surface area (Å²) in [6.45, 7) is 0. The van der Waals surface area contributed by atoms with Crippen LogP contribution in [0.3, 0.4) is 0 Å². The minimum atomic E-state index is -1.70. The second kappa shape index (κ2) is 4.12. The van der Waals surface area contributed by atoms with Crippen LogP contribution in [0.1, 0.15) is 11.7 Å². The van der Waals surface area contributed by atoms with E-state index in [-0.39, 0.29) is 0 Å². The van der Waals surface area contributed by atoms with Crippen LogP contribution < -0.4 is 0 Å². The van der Waals surface area contributed by atoms with E-state index in [1.165, 1.54) is 0 Å². The number of nitrogens with zero attached hydrogens (tertiary/aromatic N) is 1. The molecule has 1 rings (SSSR count). The molecule has 1 atom stereocenters. The van der Waals surface area contributed by atoms with Crippen molar-refractivity contribution < 1.29 is 14.6 Å². The number of carbonyl (C=O) groups is 1. The predicted octanol–water partition coefficient (Wildman–Crippen LogP) is 1.82. The smallest absolute Gasteiger partial charge is 0.408 e. The molecule has 4 heteroatoms. The van der Waals surface area contributed by atoms with E-state index in [0.29, 0.717) is 5.56 Å². The molecule has 0 amide bonds. The molecule has 0 aliphatic rings. The van der Waals surface area contributed by atoms with Crippen molar-refractivity contribution in [3.8, 4) is 6.07 Å². The van der Waals surface area contributed by atoms with Gasteiger partial charge >= 0.3 is 6.16 Å². The lowest BCUT2D eigenvalue weighted by atomic mass is 10.1. The highest BCUT2D eigenvalue weighted by molar-refractivity contribution is 5.57. The lowest BCUT2D eigenvalue weighted by Gasteiger charge is -2.05. The maximum Gasteiger partial charge on any atom is 0.551 e. The van der Waals surface area contributed by atoms with Crippen molar-refractivity contribution in [2.24, 2.45) is 0 Å². The van der Waals surface area contributed by atoms with Gasteiger partial charge in [-0.1, -0.05) is 30.3 Å². The molecule has 0 fully saturated rings. The van der Waals surface area contributed by atoms with Gasteiger partial charge in [0.05, 0.1) is 0 Å². The molecule has 0 saturated carbocycles. The summed E-state index contributed by atoms with van der Waals surface area (Å²) < 4.78 is 4.23. The van der Waals surface area contributed by atoms with Crippen LogP contribution in [-0.2, 0) is 9.84 Å². The van der Waals surface area contributed by atoms with Crippen molar-refractivity contribution in [2.75, 3.05) is 0 Å². The summed E-state index contributed by atoms with van der Waals surface area (Å²) in [6.07, 6.45) is -2.80. The van der Waals surface area contributed by atoms with Crippen LogP contribution in [0, 0.1) is 11.3 Å². The largest absolute Gasteiger partial charge is 0.551 e. The molecule has 13 heavy (non-hydrogen) atoms. The zero-order chi connectivity index (χ0) is 9.68. The Labute approximate surface area is 75.0 Å². The molecule has 1 aromatic rings. The van der Waals surface area contributed by atoms with Crippen LogP contribution >= 0.6 is 0 Å². The third-order valence-corrected chi connectivity index (χ3v) is 1.43. The summed E-state index contributed by atoms with van der Waals surface area (Å²) in [5.41, 5.74) is 0.495. The first-order chi connectivity index (χ1) is 6.24. The van der Waals surface area contributed by atoms with E-state index < -0.39 is 12.3 Å². The highest BCUT2D eigenvalue weighted by atomic mass is 16.7. The topological polar surface area (TPSA) is 70.0 Å². The lowest BCUT2D eigenvalue weighted by Crippen LogP contribution is -2.05. The van der Waals surface area contributed by atoms with Crippen molar-refractivity contribution in [3.63, 3.8) is 0 Å². The van der Waals surface area contributed by atoms with E-state index in [4.69, 9.17) is 5.26 Å². The zero-order valence-electron chi connectivity index (χ0n) is 6.64. The molecule has 0 spiro atoms. The first-order valence-electron chi connectivity index (χ1n) is 3.56. The fraction of sp³-hybridized carbons (Fsp3) is 0.111.